The first-order valence-corrected chi connectivity index (χ1v) is 7.73. The highest BCUT2D eigenvalue weighted by molar-refractivity contribution is 5.78. The quantitative estimate of drug-likeness (QED) is 0.774. The van der Waals surface area contributed by atoms with E-state index in [1.165, 1.54) is 38.5 Å². The molecule has 0 spiro atoms. The molecule has 2 fully saturated rings. The van der Waals surface area contributed by atoms with Crippen molar-refractivity contribution in [1.29, 1.82) is 0 Å². The van der Waals surface area contributed by atoms with Crippen LogP contribution < -0.4 is 5.32 Å². The Kier molecular flexibility index (Phi) is 4.85. The van der Waals surface area contributed by atoms with E-state index < -0.39 is 11.5 Å². The maximum Gasteiger partial charge on any atom is 0.323 e. The van der Waals surface area contributed by atoms with Crippen LogP contribution >= 0.6 is 0 Å². The highest BCUT2D eigenvalue weighted by Gasteiger charge is 2.36. The molecule has 4 nitrogen and oxygen atoms in total. The predicted molar refractivity (Wildman–Crippen MR) is 76.3 cm³/mol. The van der Waals surface area contributed by atoms with Crippen molar-refractivity contribution in [3.05, 3.63) is 0 Å². The molecular weight excluding hydrogens is 240 g/mol. The predicted octanol–water partition coefficient (Wildman–Crippen LogP) is 2.09. The van der Waals surface area contributed by atoms with Crippen molar-refractivity contribution in [3.8, 4) is 0 Å². The Labute approximate surface area is 116 Å². The van der Waals surface area contributed by atoms with Crippen molar-refractivity contribution < 1.29 is 9.90 Å². The maximum atomic E-state index is 11.3. The van der Waals surface area contributed by atoms with Gasteiger partial charge in [-0.05, 0) is 58.5 Å². The number of hydrogen-bond acceptors (Lipinski definition) is 3. The zero-order chi connectivity index (χ0) is 13.9. The number of carbonyl (C=O) groups is 1. The summed E-state index contributed by atoms with van der Waals surface area (Å²) in [6.45, 7) is 3.85. The molecule has 0 aromatic rings. The molecule has 2 aliphatic rings. The van der Waals surface area contributed by atoms with Gasteiger partial charge in [-0.3, -0.25) is 4.79 Å². The largest absolute Gasteiger partial charge is 0.480 e. The van der Waals surface area contributed by atoms with Gasteiger partial charge in [-0.1, -0.05) is 12.8 Å². The van der Waals surface area contributed by atoms with Crippen LogP contribution in [-0.4, -0.2) is 47.7 Å². The molecule has 1 heterocycles. The molecule has 0 aromatic carbocycles. The van der Waals surface area contributed by atoms with Gasteiger partial charge in [0.15, 0.2) is 0 Å². The topological polar surface area (TPSA) is 52.6 Å². The van der Waals surface area contributed by atoms with Gasteiger partial charge < -0.3 is 15.3 Å². The molecule has 1 aliphatic carbocycles. The molecule has 2 rings (SSSR count). The van der Waals surface area contributed by atoms with Crippen LogP contribution in [0.2, 0.25) is 0 Å². The Hall–Kier alpha value is -0.610. The average Bonchev–Trinajstić information content (AvgIpc) is 3.05. The highest BCUT2D eigenvalue weighted by atomic mass is 16.4. The minimum absolute atomic E-state index is 0.683. The van der Waals surface area contributed by atoms with Crippen LogP contribution in [0.5, 0.6) is 0 Å². The second-order valence-corrected chi connectivity index (χ2v) is 6.43. The van der Waals surface area contributed by atoms with Crippen molar-refractivity contribution in [2.45, 2.75) is 63.5 Å². The summed E-state index contributed by atoms with van der Waals surface area (Å²) in [5.74, 6) is 0.125. The van der Waals surface area contributed by atoms with Crippen LogP contribution in [0.3, 0.4) is 0 Å². The first-order valence-electron chi connectivity index (χ1n) is 7.73. The summed E-state index contributed by atoms with van der Waals surface area (Å²) in [4.78, 5) is 13.9. The lowest BCUT2D eigenvalue weighted by atomic mass is 9.94. The van der Waals surface area contributed by atoms with E-state index in [1.807, 2.05) is 0 Å². The van der Waals surface area contributed by atoms with E-state index in [9.17, 15) is 9.90 Å². The number of carboxylic acids is 1. The number of rotatable bonds is 6. The molecule has 0 bridgehead atoms. The van der Waals surface area contributed by atoms with Gasteiger partial charge >= 0.3 is 5.97 Å². The molecule has 0 radical (unpaired) electrons. The third kappa shape index (κ3) is 3.29. The first-order chi connectivity index (χ1) is 9.07. The van der Waals surface area contributed by atoms with Crippen molar-refractivity contribution in [1.82, 2.24) is 10.2 Å². The Morgan fingerprint density at radius 2 is 2.00 bits per heavy atom. The molecular formula is C15H28N2O2. The molecule has 4 heteroatoms. The third-order valence-corrected chi connectivity index (χ3v) is 5.28. The summed E-state index contributed by atoms with van der Waals surface area (Å²) in [5.41, 5.74) is -0.789. The number of nitrogens with one attached hydrogen (secondary N) is 1. The van der Waals surface area contributed by atoms with Gasteiger partial charge in [0.2, 0.25) is 0 Å². The molecule has 19 heavy (non-hydrogen) atoms. The van der Waals surface area contributed by atoms with Gasteiger partial charge in [0.05, 0.1) is 0 Å². The van der Waals surface area contributed by atoms with E-state index >= 15 is 0 Å². The maximum absolute atomic E-state index is 11.3. The summed E-state index contributed by atoms with van der Waals surface area (Å²) < 4.78 is 0. The van der Waals surface area contributed by atoms with Crippen LogP contribution in [-0.2, 0) is 4.79 Å². The second-order valence-electron chi connectivity index (χ2n) is 6.43. The van der Waals surface area contributed by atoms with Gasteiger partial charge in [0, 0.05) is 12.6 Å². The average molecular weight is 268 g/mol. The standard InChI is InChI=1S/C15H28N2O2/c1-15(16-2,14(18)19)9-11-17-10-5-8-13(17)12-6-3-4-7-12/h12-13,16H,3-11H2,1-2H3,(H,18,19). The number of likely N-dealkylation sites (N-methyl/N-ethyl adjacent to an activating group) is 1. The Morgan fingerprint density at radius 3 is 2.58 bits per heavy atom. The molecule has 2 unspecified atom stereocenters. The van der Waals surface area contributed by atoms with Gasteiger partial charge in [-0.2, -0.15) is 0 Å². The number of aliphatic carboxylic acids is 1. The van der Waals surface area contributed by atoms with Gasteiger partial charge in [0.25, 0.3) is 0 Å². The Morgan fingerprint density at radius 1 is 1.32 bits per heavy atom. The zero-order valence-corrected chi connectivity index (χ0v) is 12.3. The van der Waals surface area contributed by atoms with Crippen LogP contribution in [0.25, 0.3) is 0 Å². The van der Waals surface area contributed by atoms with Crippen LogP contribution in [0.15, 0.2) is 0 Å². The number of hydrogen-bond donors (Lipinski definition) is 2. The smallest absolute Gasteiger partial charge is 0.323 e. The van der Waals surface area contributed by atoms with Crippen LogP contribution in [0, 0.1) is 5.92 Å². The van der Waals surface area contributed by atoms with E-state index in [2.05, 4.69) is 10.2 Å². The van der Waals surface area contributed by atoms with E-state index in [0.717, 1.165) is 25.0 Å². The lowest BCUT2D eigenvalue weighted by Gasteiger charge is -2.32. The SMILES string of the molecule is CNC(C)(CCN1CCCC1C1CCCC1)C(=O)O. The zero-order valence-electron chi connectivity index (χ0n) is 12.3. The summed E-state index contributed by atoms with van der Waals surface area (Å²) in [5, 5.41) is 12.3. The van der Waals surface area contributed by atoms with Gasteiger partial charge in [-0.25, -0.2) is 0 Å². The minimum atomic E-state index is -0.789. The third-order valence-electron chi connectivity index (χ3n) is 5.28. The molecule has 1 aliphatic heterocycles. The summed E-state index contributed by atoms with van der Waals surface area (Å²) >= 11 is 0. The lowest BCUT2D eigenvalue weighted by Crippen LogP contribution is -2.50. The van der Waals surface area contributed by atoms with E-state index in [-0.39, 0.29) is 0 Å². The van der Waals surface area contributed by atoms with Crippen LogP contribution in [0.4, 0.5) is 0 Å². The van der Waals surface area contributed by atoms with E-state index in [1.54, 1.807) is 14.0 Å². The number of nitrogens with zero attached hydrogens (tertiary/aromatic N) is 1. The van der Waals surface area contributed by atoms with E-state index in [0.29, 0.717) is 6.42 Å². The van der Waals surface area contributed by atoms with Crippen molar-refractivity contribution in [2.75, 3.05) is 20.1 Å². The van der Waals surface area contributed by atoms with Crippen molar-refractivity contribution >= 4 is 5.97 Å². The Bertz CT molecular complexity index is 315. The molecule has 1 saturated heterocycles. The summed E-state index contributed by atoms with van der Waals surface area (Å²) in [6, 6.07) is 0.720. The normalized spacial score (nSPS) is 28.6. The molecule has 0 aromatic heterocycles. The monoisotopic (exact) mass is 268 g/mol. The number of carboxylic acid groups (broad SMARTS) is 1. The highest BCUT2D eigenvalue weighted by Crippen LogP contribution is 2.35. The number of likely N-dealkylation sites (tertiary alicyclic amines) is 1. The lowest BCUT2D eigenvalue weighted by molar-refractivity contribution is -0.144. The second kappa shape index (κ2) is 6.23. The summed E-state index contributed by atoms with van der Waals surface area (Å²) in [6.07, 6.45) is 8.81. The fourth-order valence-corrected chi connectivity index (χ4v) is 3.71. The molecule has 2 N–H and O–H groups in total. The summed E-state index contributed by atoms with van der Waals surface area (Å²) in [7, 11) is 1.74. The van der Waals surface area contributed by atoms with Gasteiger partial charge in [0.1, 0.15) is 5.54 Å². The fourth-order valence-electron chi connectivity index (χ4n) is 3.71. The molecule has 110 valence electrons. The van der Waals surface area contributed by atoms with Crippen LogP contribution in [0.1, 0.15) is 51.9 Å². The first kappa shape index (κ1) is 14.8. The Balaban J connectivity index is 1.89. The molecule has 1 saturated carbocycles. The van der Waals surface area contributed by atoms with Gasteiger partial charge in [-0.15, -0.1) is 0 Å². The molecule has 0 amide bonds. The minimum Gasteiger partial charge on any atom is -0.480 e. The van der Waals surface area contributed by atoms with Crippen molar-refractivity contribution in [2.24, 2.45) is 5.92 Å². The molecule has 2 atom stereocenters. The van der Waals surface area contributed by atoms with E-state index in [4.69, 9.17) is 0 Å². The fraction of sp³-hybridized carbons (Fsp3) is 0.933. The van der Waals surface area contributed by atoms with Crippen molar-refractivity contribution in [3.63, 3.8) is 0 Å².